The van der Waals surface area contributed by atoms with Crippen LogP contribution in [0.5, 0.6) is 0 Å². The number of rotatable bonds is 3. The van der Waals surface area contributed by atoms with Gasteiger partial charge in [0, 0.05) is 17.5 Å². The molecule has 0 aromatic carbocycles. The summed E-state index contributed by atoms with van der Waals surface area (Å²) in [6, 6.07) is -0.670. The van der Waals surface area contributed by atoms with Crippen LogP contribution in [0.4, 0.5) is 5.95 Å². The van der Waals surface area contributed by atoms with Crippen LogP contribution in [0.15, 0.2) is 6.20 Å². The zero-order valence-corrected chi connectivity index (χ0v) is 9.75. The predicted molar refractivity (Wildman–Crippen MR) is 62.6 cm³/mol. The van der Waals surface area contributed by atoms with Gasteiger partial charge in [0.05, 0.1) is 5.69 Å². The van der Waals surface area contributed by atoms with Gasteiger partial charge in [0.1, 0.15) is 6.04 Å². The van der Waals surface area contributed by atoms with Gasteiger partial charge in [-0.2, -0.15) is 11.8 Å². The average molecular weight is 239 g/mol. The molecule has 1 aliphatic heterocycles. The number of carboxylic acid groups (broad SMARTS) is 1. The number of fused-ring (bicyclic) bond motifs is 1. The minimum Gasteiger partial charge on any atom is -0.480 e. The lowest BCUT2D eigenvalue weighted by atomic mass is 10.2. The van der Waals surface area contributed by atoms with Crippen LogP contribution in [0.3, 0.4) is 0 Å². The van der Waals surface area contributed by atoms with Crippen LogP contribution in [-0.2, 0) is 17.0 Å². The molecule has 0 aliphatic carbocycles. The Hall–Kier alpha value is -1.30. The SMILES string of the molecule is CC(Nc1ncc2c(n1)CCSC2)C(=O)O. The second kappa shape index (κ2) is 4.69. The monoisotopic (exact) mass is 239 g/mol. The Morgan fingerprint density at radius 3 is 3.25 bits per heavy atom. The van der Waals surface area contributed by atoms with Crippen molar-refractivity contribution in [2.24, 2.45) is 0 Å². The third-order valence-electron chi connectivity index (χ3n) is 2.41. The van der Waals surface area contributed by atoms with E-state index in [1.165, 1.54) is 0 Å². The summed E-state index contributed by atoms with van der Waals surface area (Å²) in [5.41, 5.74) is 2.19. The Kier molecular flexibility index (Phi) is 3.28. The standard InChI is InChI=1S/C10H13N3O2S/c1-6(9(14)15)12-10-11-4-7-5-16-3-2-8(7)13-10/h4,6H,2-3,5H2,1H3,(H,14,15)(H,11,12,13). The number of carboxylic acids is 1. The van der Waals surface area contributed by atoms with E-state index in [0.717, 1.165) is 29.2 Å². The summed E-state index contributed by atoms with van der Waals surface area (Å²) < 4.78 is 0. The molecule has 6 heteroatoms. The molecule has 0 bridgehead atoms. The van der Waals surface area contributed by atoms with Crippen molar-refractivity contribution in [1.29, 1.82) is 0 Å². The second-order valence-electron chi connectivity index (χ2n) is 3.67. The average Bonchev–Trinajstić information content (AvgIpc) is 2.28. The molecule has 0 spiro atoms. The number of nitrogens with zero attached hydrogens (tertiary/aromatic N) is 2. The number of aryl methyl sites for hydroxylation is 1. The molecule has 1 aromatic heterocycles. The Morgan fingerprint density at radius 1 is 1.69 bits per heavy atom. The predicted octanol–water partition coefficient (Wildman–Crippen LogP) is 1.15. The molecule has 0 radical (unpaired) electrons. The molecule has 2 N–H and O–H groups in total. The van der Waals surface area contributed by atoms with Gasteiger partial charge in [0.25, 0.3) is 0 Å². The molecule has 2 heterocycles. The summed E-state index contributed by atoms with van der Waals surface area (Å²) in [7, 11) is 0. The highest BCUT2D eigenvalue weighted by Gasteiger charge is 2.15. The van der Waals surface area contributed by atoms with Crippen molar-refractivity contribution in [3.63, 3.8) is 0 Å². The number of anilines is 1. The first-order valence-corrected chi connectivity index (χ1v) is 6.24. The van der Waals surface area contributed by atoms with E-state index >= 15 is 0 Å². The molecule has 1 aliphatic rings. The lowest BCUT2D eigenvalue weighted by Gasteiger charge is -2.15. The van der Waals surface area contributed by atoms with Gasteiger partial charge in [-0.3, -0.25) is 4.79 Å². The first kappa shape index (κ1) is 11.2. The van der Waals surface area contributed by atoms with Crippen LogP contribution < -0.4 is 5.32 Å². The van der Waals surface area contributed by atoms with Crippen LogP contribution in [0.1, 0.15) is 18.2 Å². The third-order valence-corrected chi connectivity index (χ3v) is 3.42. The second-order valence-corrected chi connectivity index (χ2v) is 4.78. The fourth-order valence-electron chi connectivity index (χ4n) is 1.46. The summed E-state index contributed by atoms with van der Waals surface area (Å²) in [5, 5.41) is 11.5. The summed E-state index contributed by atoms with van der Waals surface area (Å²) in [4.78, 5) is 19.1. The van der Waals surface area contributed by atoms with E-state index in [1.807, 2.05) is 11.8 Å². The molecule has 2 rings (SSSR count). The van der Waals surface area contributed by atoms with Gasteiger partial charge >= 0.3 is 5.97 Å². The van der Waals surface area contributed by atoms with Crippen molar-refractivity contribution in [2.45, 2.75) is 25.1 Å². The smallest absolute Gasteiger partial charge is 0.325 e. The summed E-state index contributed by atoms with van der Waals surface area (Å²) in [6.07, 6.45) is 2.71. The van der Waals surface area contributed by atoms with E-state index in [9.17, 15) is 4.79 Å². The largest absolute Gasteiger partial charge is 0.480 e. The molecule has 1 unspecified atom stereocenters. The summed E-state index contributed by atoms with van der Waals surface area (Å²) in [6.45, 7) is 1.57. The van der Waals surface area contributed by atoms with Gasteiger partial charge in [-0.05, 0) is 19.1 Å². The Balaban J connectivity index is 2.14. The molecule has 1 aromatic rings. The molecule has 0 amide bonds. The highest BCUT2D eigenvalue weighted by molar-refractivity contribution is 7.98. The van der Waals surface area contributed by atoms with Crippen molar-refractivity contribution < 1.29 is 9.90 Å². The fourth-order valence-corrected chi connectivity index (χ4v) is 2.40. The van der Waals surface area contributed by atoms with E-state index in [2.05, 4.69) is 15.3 Å². The van der Waals surface area contributed by atoms with Crippen molar-refractivity contribution in [2.75, 3.05) is 11.1 Å². The van der Waals surface area contributed by atoms with Crippen molar-refractivity contribution >= 4 is 23.7 Å². The third kappa shape index (κ3) is 2.44. The first-order valence-electron chi connectivity index (χ1n) is 5.08. The molecule has 86 valence electrons. The van der Waals surface area contributed by atoms with Gasteiger partial charge in [-0.25, -0.2) is 9.97 Å². The van der Waals surface area contributed by atoms with Gasteiger partial charge < -0.3 is 10.4 Å². The number of hydrogen-bond donors (Lipinski definition) is 2. The Bertz CT molecular complexity index is 411. The minimum atomic E-state index is -0.906. The van der Waals surface area contributed by atoms with Crippen LogP contribution >= 0.6 is 11.8 Å². The number of aliphatic carboxylic acids is 1. The van der Waals surface area contributed by atoms with Gasteiger partial charge in [-0.15, -0.1) is 0 Å². The summed E-state index contributed by atoms with van der Waals surface area (Å²) >= 11 is 1.87. The number of carbonyl (C=O) groups is 1. The topological polar surface area (TPSA) is 75.1 Å². The fraction of sp³-hybridized carbons (Fsp3) is 0.500. The molecular weight excluding hydrogens is 226 g/mol. The number of thioether (sulfide) groups is 1. The van der Waals surface area contributed by atoms with E-state index in [0.29, 0.717) is 5.95 Å². The molecule has 16 heavy (non-hydrogen) atoms. The number of nitrogens with one attached hydrogen (secondary N) is 1. The summed E-state index contributed by atoms with van der Waals surface area (Å²) in [5.74, 6) is 1.51. The Labute approximate surface area is 97.7 Å². The Morgan fingerprint density at radius 2 is 2.50 bits per heavy atom. The number of hydrogen-bond acceptors (Lipinski definition) is 5. The van der Waals surface area contributed by atoms with E-state index < -0.39 is 12.0 Å². The van der Waals surface area contributed by atoms with Gasteiger partial charge in [-0.1, -0.05) is 0 Å². The maximum absolute atomic E-state index is 10.7. The van der Waals surface area contributed by atoms with Gasteiger partial charge in [0.2, 0.25) is 5.95 Å². The van der Waals surface area contributed by atoms with Crippen LogP contribution in [0, 0.1) is 0 Å². The zero-order chi connectivity index (χ0) is 11.5. The minimum absolute atomic E-state index is 0.403. The maximum Gasteiger partial charge on any atom is 0.325 e. The van der Waals surface area contributed by atoms with E-state index in [-0.39, 0.29) is 0 Å². The van der Waals surface area contributed by atoms with Gasteiger partial charge in [0.15, 0.2) is 0 Å². The van der Waals surface area contributed by atoms with Crippen LogP contribution in [0.2, 0.25) is 0 Å². The van der Waals surface area contributed by atoms with E-state index in [4.69, 9.17) is 5.11 Å². The van der Waals surface area contributed by atoms with Crippen molar-refractivity contribution in [3.05, 3.63) is 17.5 Å². The first-order chi connectivity index (χ1) is 7.66. The normalized spacial score (nSPS) is 16.3. The highest BCUT2D eigenvalue weighted by Crippen LogP contribution is 2.23. The molecular formula is C10H13N3O2S. The van der Waals surface area contributed by atoms with Crippen LogP contribution in [-0.4, -0.2) is 32.8 Å². The molecule has 0 saturated heterocycles. The van der Waals surface area contributed by atoms with Crippen LogP contribution in [0.25, 0.3) is 0 Å². The van der Waals surface area contributed by atoms with Crippen molar-refractivity contribution in [3.8, 4) is 0 Å². The lowest BCUT2D eigenvalue weighted by molar-refractivity contribution is -0.137. The molecule has 1 atom stereocenters. The lowest BCUT2D eigenvalue weighted by Crippen LogP contribution is -2.27. The zero-order valence-electron chi connectivity index (χ0n) is 8.93. The van der Waals surface area contributed by atoms with Crippen molar-refractivity contribution in [1.82, 2.24) is 9.97 Å². The molecule has 0 saturated carbocycles. The quantitative estimate of drug-likeness (QED) is 0.824. The highest BCUT2D eigenvalue weighted by atomic mass is 32.2. The maximum atomic E-state index is 10.7. The molecule has 0 fully saturated rings. The van der Waals surface area contributed by atoms with E-state index in [1.54, 1.807) is 13.1 Å². The number of aromatic nitrogens is 2. The molecule has 5 nitrogen and oxygen atoms in total.